The zero-order valence-electron chi connectivity index (χ0n) is 12.5. The van der Waals surface area contributed by atoms with Gasteiger partial charge in [-0.1, -0.05) is 12.1 Å². The molecule has 0 saturated carbocycles. The molecule has 1 aromatic rings. The van der Waals surface area contributed by atoms with E-state index in [-0.39, 0.29) is 18.4 Å². The normalized spacial score (nSPS) is 19.1. The molecule has 7 heteroatoms. The summed E-state index contributed by atoms with van der Waals surface area (Å²) in [6, 6.07) is 6.18. The van der Waals surface area contributed by atoms with Gasteiger partial charge in [-0.05, 0) is 24.6 Å². The van der Waals surface area contributed by atoms with Crippen molar-refractivity contribution in [2.45, 2.75) is 19.3 Å². The third kappa shape index (κ3) is 4.86. The molecule has 1 N–H and O–H groups in total. The maximum atomic E-state index is 12.1. The first-order chi connectivity index (χ1) is 10.4. The van der Waals surface area contributed by atoms with Gasteiger partial charge in [0.25, 0.3) is 0 Å². The molecule has 1 fully saturated rings. The van der Waals surface area contributed by atoms with Crippen LogP contribution in [0.2, 0.25) is 0 Å². The summed E-state index contributed by atoms with van der Waals surface area (Å²) >= 11 is 0. The lowest BCUT2D eigenvalue weighted by atomic mass is 10.1. The predicted octanol–water partition coefficient (Wildman–Crippen LogP) is 2.26. The third-order valence-corrected chi connectivity index (χ3v) is 3.97. The number of halogens is 3. The van der Waals surface area contributed by atoms with Crippen molar-refractivity contribution in [3.05, 3.63) is 29.8 Å². The standard InChI is InChI=1S/C15H21F3N2O2/c1-12(20-8-6-19(7-9-20)10-11-21)13-2-4-14(5-3-13)22-15(16,17)18/h2-5,12,21H,6-11H2,1H3. The van der Waals surface area contributed by atoms with Crippen LogP contribution in [0.3, 0.4) is 0 Å². The first-order valence-electron chi connectivity index (χ1n) is 7.32. The summed E-state index contributed by atoms with van der Waals surface area (Å²) in [6.45, 7) is 6.42. The predicted molar refractivity (Wildman–Crippen MR) is 76.6 cm³/mol. The van der Waals surface area contributed by atoms with Crippen LogP contribution in [0.4, 0.5) is 13.2 Å². The summed E-state index contributed by atoms with van der Waals surface area (Å²) in [5.74, 6) is -0.198. The topological polar surface area (TPSA) is 35.9 Å². The lowest BCUT2D eigenvalue weighted by molar-refractivity contribution is -0.274. The van der Waals surface area contributed by atoms with Crippen LogP contribution in [0, 0.1) is 0 Å². The van der Waals surface area contributed by atoms with Crippen LogP contribution in [-0.4, -0.2) is 60.6 Å². The second kappa shape index (κ2) is 7.30. The largest absolute Gasteiger partial charge is 0.573 e. The minimum Gasteiger partial charge on any atom is -0.406 e. The van der Waals surface area contributed by atoms with Gasteiger partial charge in [-0.25, -0.2) is 0 Å². The molecule has 1 aliphatic rings. The van der Waals surface area contributed by atoms with Crippen LogP contribution in [0.5, 0.6) is 5.75 Å². The molecule has 4 nitrogen and oxygen atoms in total. The van der Waals surface area contributed by atoms with Gasteiger partial charge < -0.3 is 9.84 Å². The highest BCUT2D eigenvalue weighted by Crippen LogP contribution is 2.26. The van der Waals surface area contributed by atoms with Crippen molar-refractivity contribution in [2.24, 2.45) is 0 Å². The van der Waals surface area contributed by atoms with E-state index in [2.05, 4.69) is 14.5 Å². The summed E-state index contributed by atoms with van der Waals surface area (Å²) in [5.41, 5.74) is 0.963. The summed E-state index contributed by atoms with van der Waals surface area (Å²) < 4.78 is 40.3. The number of aliphatic hydroxyl groups is 1. The molecule has 1 aliphatic heterocycles. The summed E-state index contributed by atoms with van der Waals surface area (Å²) in [4.78, 5) is 4.48. The van der Waals surface area contributed by atoms with Gasteiger partial charge >= 0.3 is 6.36 Å². The Labute approximate surface area is 128 Å². The number of ether oxygens (including phenoxy) is 1. The lowest BCUT2D eigenvalue weighted by Crippen LogP contribution is -2.47. The molecule has 22 heavy (non-hydrogen) atoms. The van der Waals surface area contributed by atoms with E-state index in [4.69, 9.17) is 5.11 Å². The van der Waals surface area contributed by atoms with E-state index in [0.717, 1.165) is 31.7 Å². The molecule has 124 valence electrons. The molecule has 0 aliphatic carbocycles. The van der Waals surface area contributed by atoms with Crippen LogP contribution in [0.25, 0.3) is 0 Å². The van der Waals surface area contributed by atoms with Gasteiger partial charge in [0, 0.05) is 38.8 Å². The second-order valence-corrected chi connectivity index (χ2v) is 5.39. The van der Waals surface area contributed by atoms with Crippen molar-refractivity contribution < 1.29 is 23.0 Å². The number of nitrogens with zero attached hydrogens (tertiary/aromatic N) is 2. The van der Waals surface area contributed by atoms with Crippen molar-refractivity contribution in [3.63, 3.8) is 0 Å². The molecule has 1 heterocycles. The molecule has 0 radical (unpaired) electrons. The van der Waals surface area contributed by atoms with Crippen molar-refractivity contribution in [3.8, 4) is 5.75 Å². The lowest BCUT2D eigenvalue weighted by Gasteiger charge is -2.38. The maximum absolute atomic E-state index is 12.1. The Hall–Kier alpha value is -1.31. The summed E-state index contributed by atoms with van der Waals surface area (Å²) in [5, 5.41) is 8.93. The first kappa shape index (κ1) is 17.1. The molecule has 1 unspecified atom stereocenters. The fourth-order valence-electron chi connectivity index (χ4n) is 2.67. The molecule has 1 aromatic carbocycles. The van der Waals surface area contributed by atoms with Gasteiger partial charge in [0.1, 0.15) is 5.75 Å². The Morgan fingerprint density at radius 1 is 1.14 bits per heavy atom. The van der Waals surface area contributed by atoms with Gasteiger partial charge in [0.2, 0.25) is 0 Å². The number of hydrogen-bond donors (Lipinski definition) is 1. The SMILES string of the molecule is CC(c1ccc(OC(F)(F)F)cc1)N1CCN(CCO)CC1. The van der Waals surface area contributed by atoms with E-state index < -0.39 is 6.36 Å². The molecule has 1 saturated heterocycles. The van der Waals surface area contributed by atoms with E-state index in [1.807, 2.05) is 6.92 Å². The molecular formula is C15H21F3N2O2. The average Bonchev–Trinajstić information content (AvgIpc) is 2.47. The Morgan fingerprint density at radius 3 is 2.23 bits per heavy atom. The number of alkyl halides is 3. The molecule has 1 atom stereocenters. The van der Waals surface area contributed by atoms with Crippen LogP contribution >= 0.6 is 0 Å². The molecule has 2 rings (SSSR count). The Kier molecular flexibility index (Phi) is 5.66. The van der Waals surface area contributed by atoms with Crippen molar-refractivity contribution in [2.75, 3.05) is 39.3 Å². The zero-order chi connectivity index (χ0) is 16.2. The van der Waals surface area contributed by atoms with E-state index in [0.29, 0.717) is 6.54 Å². The van der Waals surface area contributed by atoms with Crippen LogP contribution in [-0.2, 0) is 0 Å². The Morgan fingerprint density at radius 2 is 1.73 bits per heavy atom. The number of piperazine rings is 1. The minimum atomic E-state index is -4.66. The quantitative estimate of drug-likeness (QED) is 0.903. The highest BCUT2D eigenvalue weighted by atomic mass is 19.4. The van der Waals surface area contributed by atoms with Crippen molar-refractivity contribution >= 4 is 0 Å². The second-order valence-electron chi connectivity index (χ2n) is 5.39. The fourth-order valence-corrected chi connectivity index (χ4v) is 2.67. The van der Waals surface area contributed by atoms with Crippen LogP contribution < -0.4 is 4.74 Å². The number of benzene rings is 1. The third-order valence-electron chi connectivity index (χ3n) is 3.97. The van der Waals surface area contributed by atoms with Crippen molar-refractivity contribution in [1.29, 1.82) is 0 Å². The Bertz CT molecular complexity index is 457. The average molecular weight is 318 g/mol. The number of hydrogen-bond acceptors (Lipinski definition) is 4. The number of β-amino-alcohol motifs (C(OH)–C–C–N with tert-alkyl or cyclic N) is 1. The van der Waals surface area contributed by atoms with Crippen molar-refractivity contribution in [1.82, 2.24) is 9.80 Å². The molecule has 0 spiro atoms. The van der Waals surface area contributed by atoms with Gasteiger partial charge in [0.05, 0.1) is 6.61 Å². The van der Waals surface area contributed by atoms with Gasteiger partial charge in [0.15, 0.2) is 0 Å². The zero-order valence-corrected chi connectivity index (χ0v) is 12.5. The van der Waals surface area contributed by atoms with E-state index in [1.54, 1.807) is 12.1 Å². The molecule has 0 aromatic heterocycles. The molecular weight excluding hydrogens is 297 g/mol. The monoisotopic (exact) mass is 318 g/mol. The smallest absolute Gasteiger partial charge is 0.406 e. The van der Waals surface area contributed by atoms with Gasteiger partial charge in [-0.2, -0.15) is 0 Å². The van der Waals surface area contributed by atoms with Crippen LogP contribution in [0.15, 0.2) is 24.3 Å². The van der Waals surface area contributed by atoms with Gasteiger partial charge in [-0.3, -0.25) is 9.80 Å². The van der Waals surface area contributed by atoms with E-state index in [1.165, 1.54) is 12.1 Å². The van der Waals surface area contributed by atoms with Crippen LogP contribution in [0.1, 0.15) is 18.5 Å². The summed E-state index contributed by atoms with van der Waals surface area (Å²) in [6.07, 6.45) is -4.66. The maximum Gasteiger partial charge on any atom is 0.573 e. The Balaban J connectivity index is 1.91. The highest BCUT2D eigenvalue weighted by Gasteiger charge is 2.31. The molecule has 0 bridgehead atoms. The van der Waals surface area contributed by atoms with Gasteiger partial charge in [-0.15, -0.1) is 13.2 Å². The first-order valence-corrected chi connectivity index (χ1v) is 7.32. The number of aliphatic hydroxyl groups excluding tert-OH is 1. The highest BCUT2D eigenvalue weighted by molar-refractivity contribution is 5.29. The molecule has 0 amide bonds. The van der Waals surface area contributed by atoms with E-state index in [9.17, 15) is 13.2 Å². The minimum absolute atomic E-state index is 0.135. The number of rotatable bonds is 5. The fraction of sp³-hybridized carbons (Fsp3) is 0.600. The van der Waals surface area contributed by atoms with E-state index >= 15 is 0 Å². The summed E-state index contributed by atoms with van der Waals surface area (Å²) in [7, 11) is 0.